The van der Waals surface area contributed by atoms with Gasteiger partial charge in [0.1, 0.15) is 22.9 Å². The molecule has 0 bridgehead atoms. The van der Waals surface area contributed by atoms with Crippen LogP contribution in [0.4, 0.5) is 5.69 Å². The summed E-state index contributed by atoms with van der Waals surface area (Å²) in [6, 6.07) is 5.72. The maximum Gasteiger partial charge on any atom is 0.293 e. The molecule has 0 spiro atoms. The molecule has 1 saturated carbocycles. The number of nitrogen functional groups attached to an aromatic ring is 1. The van der Waals surface area contributed by atoms with Crippen LogP contribution >= 0.6 is 0 Å². The Morgan fingerprint density at radius 1 is 1.14 bits per heavy atom. The zero-order valence-electron chi connectivity index (χ0n) is 12.2. The van der Waals surface area contributed by atoms with Gasteiger partial charge in [-0.1, -0.05) is 12.5 Å². The van der Waals surface area contributed by atoms with E-state index in [0.29, 0.717) is 16.6 Å². The smallest absolute Gasteiger partial charge is 0.293 e. The third kappa shape index (κ3) is 2.04. The first-order valence-electron chi connectivity index (χ1n) is 7.69. The van der Waals surface area contributed by atoms with Gasteiger partial charge in [0.2, 0.25) is 0 Å². The Balaban J connectivity index is 1.87. The SMILES string of the molecule is Nc1c2c(OC3CCCCC3)cccc2nc2coc(O)c12. The topological polar surface area (TPSA) is 81.5 Å². The zero-order valence-corrected chi connectivity index (χ0v) is 12.2. The van der Waals surface area contributed by atoms with E-state index in [0.717, 1.165) is 29.5 Å². The highest BCUT2D eigenvalue weighted by Gasteiger charge is 2.20. The van der Waals surface area contributed by atoms with Gasteiger partial charge in [-0.25, -0.2) is 4.98 Å². The molecule has 22 heavy (non-hydrogen) atoms. The van der Waals surface area contributed by atoms with Crippen molar-refractivity contribution in [2.75, 3.05) is 5.73 Å². The van der Waals surface area contributed by atoms with Crippen molar-refractivity contribution in [2.45, 2.75) is 38.2 Å². The molecule has 3 N–H and O–H groups in total. The van der Waals surface area contributed by atoms with Crippen molar-refractivity contribution in [1.29, 1.82) is 0 Å². The zero-order chi connectivity index (χ0) is 15.1. The van der Waals surface area contributed by atoms with E-state index in [1.807, 2.05) is 18.2 Å². The first-order chi connectivity index (χ1) is 10.7. The number of anilines is 1. The van der Waals surface area contributed by atoms with Crippen LogP contribution < -0.4 is 10.5 Å². The number of nitrogens with two attached hydrogens (primary N) is 1. The van der Waals surface area contributed by atoms with Gasteiger partial charge in [0, 0.05) is 0 Å². The monoisotopic (exact) mass is 298 g/mol. The summed E-state index contributed by atoms with van der Waals surface area (Å²) >= 11 is 0. The summed E-state index contributed by atoms with van der Waals surface area (Å²) in [5, 5.41) is 11.0. The Kier molecular flexibility index (Phi) is 3.06. The van der Waals surface area contributed by atoms with Crippen LogP contribution in [0.5, 0.6) is 11.7 Å². The lowest BCUT2D eigenvalue weighted by Gasteiger charge is -2.24. The van der Waals surface area contributed by atoms with Crippen LogP contribution in [0, 0.1) is 0 Å². The summed E-state index contributed by atoms with van der Waals surface area (Å²) in [5.74, 6) is 0.534. The molecule has 5 nitrogen and oxygen atoms in total. The second-order valence-electron chi connectivity index (χ2n) is 5.85. The molecule has 2 aromatic heterocycles. The number of fused-ring (bicyclic) bond motifs is 2. The lowest BCUT2D eigenvalue weighted by molar-refractivity contribution is 0.157. The van der Waals surface area contributed by atoms with Crippen molar-refractivity contribution in [3.63, 3.8) is 0 Å². The van der Waals surface area contributed by atoms with E-state index >= 15 is 0 Å². The van der Waals surface area contributed by atoms with Crippen LogP contribution in [0.25, 0.3) is 21.8 Å². The molecule has 114 valence electrons. The standard InChI is InChI=1S/C17H18N2O3/c18-16-14-11(19-12-9-21-17(20)15(12)16)7-4-8-13(14)22-10-5-2-1-3-6-10/h4,7-10,20H,1-3,5-6,18H2. The van der Waals surface area contributed by atoms with Gasteiger partial charge in [-0.15, -0.1) is 0 Å². The van der Waals surface area contributed by atoms with E-state index in [9.17, 15) is 5.11 Å². The summed E-state index contributed by atoms with van der Waals surface area (Å²) in [5.41, 5.74) is 8.02. The number of rotatable bonds is 2. The highest BCUT2D eigenvalue weighted by molar-refractivity contribution is 6.10. The van der Waals surface area contributed by atoms with Crippen LogP contribution in [0.1, 0.15) is 32.1 Å². The summed E-state index contributed by atoms with van der Waals surface area (Å²) < 4.78 is 11.2. The minimum Gasteiger partial charge on any atom is -0.490 e. The fourth-order valence-electron chi connectivity index (χ4n) is 3.27. The Morgan fingerprint density at radius 3 is 2.77 bits per heavy atom. The van der Waals surface area contributed by atoms with E-state index in [1.165, 1.54) is 25.5 Å². The van der Waals surface area contributed by atoms with Crippen LogP contribution in [0.15, 0.2) is 28.9 Å². The molecule has 0 saturated heterocycles. The van der Waals surface area contributed by atoms with Crippen molar-refractivity contribution in [1.82, 2.24) is 4.98 Å². The fourth-order valence-corrected chi connectivity index (χ4v) is 3.27. The molecular formula is C17H18N2O3. The molecule has 0 unspecified atom stereocenters. The summed E-state index contributed by atoms with van der Waals surface area (Å²) in [6.07, 6.45) is 7.47. The molecule has 5 heteroatoms. The molecule has 1 aromatic carbocycles. The fraction of sp³-hybridized carbons (Fsp3) is 0.353. The summed E-state index contributed by atoms with van der Waals surface area (Å²) in [4.78, 5) is 4.50. The van der Waals surface area contributed by atoms with Gasteiger partial charge in [0.15, 0.2) is 0 Å². The van der Waals surface area contributed by atoms with Crippen LogP contribution in [0.2, 0.25) is 0 Å². The lowest BCUT2D eigenvalue weighted by atomic mass is 9.97. The van der Waals surface area contributed by atoms with E-state index < -0.39 is 0 Å². The highest BCUT2D eigenvalue weighted by Crippen LogP contribution is 2.40. The first kappa shape index (κ1) is 13.2. The van der Waals surface area contributed by atoms with E-state index in [2.05, 4.69) is 4.98 Å². The number of aromatic nitrogens is 1. The van der Waals surface area contributed by atoms with Gasteiger partial charge in [-0.05, 0) is 37.8 Å². The maximum absolute atomic E-state index is 9.84. The van der Waals surface area contributed by atoms with Gasteiger partial charge in [0.25, 0.3) is 5.95 Å². The quantitative estimate of drug-likeness (QED) is 0.748. The molecule has 1 aliphatic carbocycles. The molecule has 0 atom stereocenters. The van der Waals surface area contributed by atoms with Gasteiger partial charge < -0.3 is 20.0 Å². The summed E-state index contributed by atoms with van der Waals surface area (Å²) in [6.45, 7) is 0. The molecule has 1 aliphatic rings. The van der Waals surface area contributed by atoms with Gasteiger partial charge in [-0.3, -0.25) is 0 Å². The molecule has 0 radical (unpaired) electrons. The van der Waals surface area contributed by atoms with Gasteiger partial charge in [0.05, 0.1) is 22.7 Å². The minimum atomic E-state index is -0.200. The Bertz CT molecular complexity index is 835. The molecule has 2 heterocycles. The van der Waals surface area contributed by atoms with E-state index in [-0.39, 0.29) is 12.1 Å². The predicted molar refractivity (Wildman–Crippen MR) is 85.1 cm³/mol. The number of hydrogen-bond donors (Lipinski definition) is 2. The Labute approximate surface area is 127 Å². The third-order valence-corrected chi connectivity index (χ3v) is 4.38. The molecule has 4 rings (SSSR count). The summed E-state index contributed by atoms with van der Waals surface area (Å²) in [7, 11) is 0. The highest BCUT2D eigenvalue weighted by atomic mass is 16.5. The normalized spacial score (nSPS) is 16.4. The van der Waals surface area contributed by atoms with Crippen molar-refractivity contribution in [3.8, 4) is 11.7 Å². The minimum absolute atomic E-state index is 0.200. The van der Waals surface area contributed by atoms with Crippen molar-refractivity contribution < 1.29 is 14.3 Å². The predicted octanol–water partition coefficient (Wildman–Crippen LogP) is 3.98. The molecule has 1 fully saturated rings. The Morgan fingerprint density at radius 2 is 1.95 bits per heavy atom. The van der Waals surface area contributed by atoms with Crippen LogP contribution in [-0.4, -0.2) is 16.2 Å². The number of hydrogen-bond acceptors (Lipinski definition) is 5. The molecular weight excluding hydrogens is 280 g/mol. The second-order valence-corrected chi connectivity index (χ2v) is 5.85. The number of pyridine rings is 1. The average molecular weight is 298 g/mol. The number of ether oxygens (including phenoxy) is 1. The molecule has 0 amide bonds. The molecule has 3 aromatic rings. The van der Waals surface area contributed by atoms with Crippen LogP contribution in [0.3, 0.4) is 0 Å². The number of aromatic hydroxyl groups is 1. The third-order valence-electron chi connectivity index (χ3n) is 4.38. The average Bonchev–Trinajstić information content (AvgIpc) is 2.90. The van der Waals surface area contributed by atoms with Gasteiger partial charge in [-0.2, -0.15) is 0 Å². The lowest BCUT2D eigenvalue weighted by Crippen LogP contribution is -2.19. The van der Waals surface area contributed by atoms with Crippen LogP contribution in [-0.2, 0) is 0 Å². The molecule has 0 aliphatic heterocycles. The van der Waals surface area contributed by atoms with Crippen molar-refractivity contribution >= 4 is 27.5 Å². The second kappa shape index (κ2) is 5.09. The van der Waals surface area contributed by atoms with Crippen molar-refractivity contribution in [3.05, 3.63) is 24.5 Å². The van der Waals surface area contributed by atoms with Crippen molar-refractivity contribution in [2.24, 2.45) is 0 Å². The van der Waals surface area contributed by atoms with Gasteiger partial charge >= 0.3 is 0 Å². The largest absolute Gasteiger partial charge is 0.490 e. The number of furan rings is 1. The number of benzene rings is 1. The van der Waals surface area contributed by atoms with E-state index in [1.54, 1.807) is 0 Å². The Hall–Kier alpha value is -2.43. The van der Waals surface area contributed by atoms with E-state index in [4.69, 9.17) is 14.9 Å². The number of nitrogens with zero attached hydrogens (tertiary/aromatic N) is 1. The maximum atomic E-state index is 9.84. The first-order valence-corrected chi connectivity index (χ1v) is 7.69.